The van der Waals surface area contributed by atoms with Crippen molar-refractivity contribution in [2.45, 2.75) is 72.1 Å². The number of carbonyl (C=O) groups is 3. The second kappa shape index (κ2) is 11.1. The Morgan fingerprint density at radius 3 is 2.10 bits per heavy atom. The van der Waals surface area contributed by atoms with Crippen molar-refractivity contribution < 1.29 is 28.6 Å². The van der Waals surface area contributed by atoms with E-state index in [2.05, 4.69) is 12.0 Å². The summed E-state index contributed by atoms with van der Waals surface area (Å²) in [5, 5.41) is 10.2. The highest BCUT2D eigenvalue weighted by atomic mass is 16.6. The second-order valence-electron chi connectivity index (χ2n) is 8.02. The Bertz CT molecular complexity index is 680. The first-order valence-electron chi connectivity index (χ1n) is 9.15. The van der Waals surface area contributed by atoms with Gasteiger partial charge in [-0.25, -0.2) is 24.8 Å². The molecule has 1 atom stereocenters. The minimum atomic E-state index is -0.886. The first kappa shape index (κ1) is 26.0. The maximum absolute atomic E-state index is 12.7. The molecule has 0 aliphatic rings. The lowest BCUT2D eigenvalue weighted by molar-refractivity contribution is -0.137. The maximum atomic E-state index is 12.7. The molecule has 0 saturated carbocycles. The molecule has 0 fully saturated rings. The van der Waals surface area contributed by atoms with Gasteiger partial charge in [-0.05, 0) is 54.0 Å². The van der Waals surface area contributed by atoms with E-state index in [-0.39, 0.29) is 18.6 Å². The zero-order chi connectivity index (χ0) is 22.8. The van der Waals surface area contributed by atoms with Gasteiger partial charge < -0.3 is 14.2 Å². The summed E-state index contributed by atoms with van der Waals surface area (Å²) in [6.07, 6.45) is 1.09. The number of carbonyl (C=O) groups excluding carboxylic acids is 3. The minimum absolute atomic E-state index is 0.0689. The summed E-state index contributed by atoms with van der Waals surface area (Å²) in [5.41, 5.74) is 0.375. The molecule has 0 aromatic rings. The van der Waals surface area contributed by atoms with Crippen molar-refractivity contribution in [3.8, 4) is 6.07 Å². The van der Waals surface area contributed by atoms with E-state index in [0.717, 1.165) is 5.01 Å². The SMILES string of the molecule is C=CCOC(=O)/C(C#N)=C/C(CC)N(NC(=O)OC(C)(C)C)C(=O)OC(C)(C)C. The summed E-state index contributed by atoms with van der Waals surface area (Å²) in [5.74, 6) is -0.868. The van der Waals surface area contributed by atoms with E-state index in [4.69, 9.17) is 14.2 Å². The zero-order valence-corrected chi connectivity index (χ0v) is 18.2. The fourth-order valence-electron chi connectivity index (χ4n) is 1.90. The van der Waals surface area contributed by atoms with Crippen LogP contribution >= 0.6 is 0 Å². The summed E-state index contributed by atoms with van der Waals surface area (Å²) < 4.78 is 15.4. The van der Waals surface area contributed by atoms with Gasteiger partial charge in [-0.3, -0.25) is 0 Å². The summed E-state index contributed by atoms with van der Waals surface area (Å²) in [6.45, 7) is 15.1. The molecule has 0 aromatic carbocycles. The van der Waals surface area contributed by atoms with E-state index in [1.165, 1.54) is 12.2 Å². The quantitative estimate of drug-likeness (QED) is 0.178. The molecule has 0 radical (unpaired) electrons. The van der Waals surface area contributed by atoms with E-state index < -0.39 is 35.4 Å². The Morgan fingerprint density at radius 1 is 1.14 bits per heavy atom. The smallest absolute Gasteiger partial charge is 0.429 e. The lowest BCUT2D eigenvalue weighted by atomic mass is 10.1. The van der Waals surface area contributed by atoms with Crippen LogP contribution in [0, 0.1) is 11.3 Å². The van der Waals surface area contributed by atoms with Crippen LogP contribution in [0.4, 0.5) is 9.59 Å². The van der Waals surface area contributed by atoms with Crippen LogP contribution in [0.2, 0.25) is 0 Å². The third-order valence-corrected chi connectivity index (χ3v) is 2.98. The normalized spacial score (nSPS) is 12.8. The molecule has 0 aliphatic heterocycles. The van der Waals surface area contributed by atoms with Crippen LogP contribution in [-0.2, 0) is 19.0 Å². The van der Waals surface area contributed by atoms with Gasteiger partial charge in [-0.15, -0.1) is 0 Å². The molecule has 0 saturated heterocycles. The van der Waals surface area contributed by atoms with Crippen molar-refractivity contribution in [3.05, 3.63) is 24.3 Å². The van der Waals surface area contributed by atoms with Gasteiger partial charge in [0.2, 0.25) is 0 Å². The van der Waals surface area contributed by atoms with Crippen molar-refractivity contribution in [1.29, 1.82) is 5.26 Å². The van der Waals surface area contributed by atoms with Gasteiger partial charge in [0.05, 0.1) is 6.04 Å². The van der Waals surface area contributed by atoms with Gasteiger partial charge in [0, 0.05) is 0 Å². The van der Waals surface area contributed by atoms with Gasteiger partial charge in [0.1, 0.15) is 29.5 Å². The highest BCUT2D eigenvalue weighted by molar-refractivity contribution is 5.93. The second-order valence-corrected chi connectivity index (χ2v) is 8.02. The molecule has 0 bridgehead atoms. The molecule has 1 unspecified atom stereocenters. The van der Waals surface area contributed by atoms with Crippen molar-refractivity contribution in [2.24, 2.45) is 0 Å². The predicted molar refractivity (Wildman–Crippen MR) is 106 cm³/mol. The Morgan fingerprint density at radius 2 is 1.69 bits per heavy atom. The molecular formula is C20H31N3O6. The highest BCUT2D eigenvalue weighted by Gasteiger charge is 2.31. The fraction of sp³-hybridized carbons (Fsp3) is 0.600. The molecule has 0 aliphatic carbocycles. The Kier molecular flexibility index (Phi) is 9.94. The van der Waals surface area contributed by atoms with Crippen LogP contribution in [0.15, 0.2) is 24.3 Å². The zero-order valence-electron chi connectivity index (χ0n) is 18.2. The number of nitriles is 1. The number of nitrogens with one attached hydrogen (secondary N) is 1. The number of ether oxygens (including phenoxy) is 3. The van der Waals surface area contributed by atoms with Crippen molar-refractivity contribution >= 4 is 18.2 Å². The minimum Gasteiger partial charge on any atom is -0.457 e. The number of amides is 2. The van der Waals surface area contributed by atoms with Crippen molar-refractivity contribution in [1.82, 2.24) is 10.4 Å². The molecule has 0 spiro atoms. The lowest BCUT2D eigenvalue weighted by Crippen LogP contribution is -2.54. The van der Waals surface area contributed by atoms with E-state index in [1.807, 2.05) is 0 Å². The molecule has 0 heterocycles. The first-order valence-corrected chi connectivity index (χ1v) is 9.15. The maximum Gasteiger partial charge on any atom is 0.429 e. The highest BCUT2D eigenvalue weighted by Crippen LogP contribution is 2.15. The van der Waals surface area contributed by atoms with Gasteiger partial charge >= 0.3 is 18.2 Å². The predicted octanol–water partition coefficient (Wildman–Crippen LogP) is 3.62. The Hall–Kier alpha value is -3.02. The Labute approximate surface area is 172 Å². The van der Waals surface area contributed by atoms with Gasteiger partial charge in [-0.2, -0.15) is 5.26 Å². The summed E-state index contributed by atoms with van der Waals surface area (Å²) in [4.78, 5) is 36.9. The summed E-state index contributed by atoms with van der Waals surface area (Å²) >= 11 is 0. The first-order chi connectivity index (χ1) is 13.2. The van der Waals surface area contributed by atoms with Crippen molar-refractivity contribution in [3.63, 3.8) is 0 Å². The van der Waals surface area contributed by atoms with Crippen LogP contribution in [0.3, 0.4) is 0 Å². The summed E-state index contributed by atoms with van der Waals surface area (Å²) in [6, 6.07) is 0.867. The van der Waals surface area contributed by atoms with Crippen LogP contribution in [0.5, 0.6) is 0 Å². The molecule has 9 nitrogen and oxygen atoms in total. The third-order valence-electron chi connectivity index (χ3n) is 2.98. The topological polar surface area (TPSA) is 118 Å². The largest absolute Gasteiger partial charge is 0.457 e. The van der Waals surface area contributed by atoms with Crippen LogP contribution in [-0.4, -0.2) is 47.0 Å². The summed E-state index contributed by atoms with van der Waals surface area (Å²) in [7, 11) is 0. The third kappa shape index (κ3) is 10.8. The molecule has 9 heteroatoms. The van der Waals surface area contributed by atoms with E-state index in [0.29, 0.717) is 0 Å². The molecule has 162 valence electrons. The molecular weight excluding hydrogens is 378 g/mol. The monoisotopic (exact) mass is 409 g/mol. The number of esters is 1. The number of rotatable bonds is 6. The lowest BCUT2D eigenvalue weighted by Gasteiger charge is -2.32. The van der Waals surface area contributed by atoms with E-state index in [9.17, 15) is 19.6 Å². The standard InChI is InChI=1S/C20H31N3O6/c1-9-11-27-16(24)14(13-21)12-15(10-2)23(18(26)29-20(6,7)8)22-17(25)28-19(3,4)5/h9,12,15H,1,10-11H2,2-8H3,(H,22,25)/b14-12+. The number of nitrogens with zero attached hydrogens (tertiary/aromatic N) is 2. The van der Waals surface area contributed by atoms with Crippen LogP contribution in [0.1, 0.15) is 54.9 Å². The number of hydrazine groups is 1. The number of hydrogen-bond acceptors (Lipinski definition) is 7. The molecule has 2 amide bonds. The van der Waals surface area contributed by atoms with Gasteiger partial charge in [0.15, 0.2) is 0 Å². The average molecular weight is 409 g/mol. The molecule has 1 N–H and O–H groups in total. The average Bonchev–Trinajstić information content (AvgIpc) is 2.56. The van der Waals surface area contributed by atoms with Crippen molar-refractivity contribution in [2.75, 3.05) is 6.61 Å². The van der Waals surface area contributed by atoms with E-state index >= 15 is 0 Å². The van der Waals surface area contributed by atoms with Crippen LogP contribution in [0.25, 0.3) is 0 Å². The van der Waals surface area contributed by atoms with Crippen LogP contribution < -0.4 is 5.43 Å². The Balaban J connectivity index is 5.84. The van der Waals surface area contributed by atoms with Gasteiger partial charge in [-0.1, -0.05) is 19.6 Å². The molecule has 0 rings (SSSR count). The van der Waals surface area contributed by atoms with Gasteiger partial charge in [0.25, 0.3) is 0 Å². The number of hydrogen-bond donors (Lipinski definition) is 1. The van der Waals surface area contributed by atoms with E-state index in [1.54, 1.807) is 54.5 Å². The molecule has 0 aromatic heterocycles. The molecule has 29 heavy (non-hydrogen) atoms. The fourth-order valence-corrected chi connectivity index (χ4v) is 1.90.